The first kappa shape index (κ1) is 16.0. The number of hydrogen-bond acceptors (Lipinski definition) is 2. The molecule has 0 aliphatic rings. The quantitative estimate of drug-likeness (QED) is 0.759. The van der Waals surface area contributed by atoms with Gasteiger partial charge in [-0.25, -0.2) is 4.79 Å². The van der Waals surface area contributed by atoms with E-state index >= 15 is 0 Å². The highest BCUT2D eigenvalue weighted by atomic mass is 127. The highest BCUT2D eigenvalue weighted by Gasteiger charge is 2.09. The predicted octanol–water partition coefficient (Wildman–Crippen LogP) is 3.66. The molecule has 0 amide bonds. The van der Waals surface area contributed by atoms with Crippen LogP contribution in [0.5, 0.6) is 0 Å². The van der Waals surface area contributed by atoms with Crippen LogP contribution in [0.15, 0.2) is 48.5 Å². The van der Waals surface area contributed by atoms with Gasteiger partial charge < -0.3 is 10.0 Å². The van der Waals surface area contributed by atoms with Crippen molar-refractivity contribution in [2.75, 3.05) is 13.6 Å². The molecule has 2 rings (SSSR count). The van der Waals surface area contributed by atoms with Crippen molar-refractivity contribution in [2.45, 2.75) is 13.0 Å². The Bertz CT molecular complexity index is 610. The first-order chi connectivity index (χ1) is 10.1. The monoisotopic (exact) mass is 395 g/mol. The summed E-state index contributed by atoms with van der Waals surface area (Å²) in [5.41, 5.74) is 2.56. The van der Waals surface area contributed by atoms with Gasteiger partial charge in [0.2, 0.25) is 0 Å². The Labute approximate surface area is 138 Å². The highest BCUT2D eigenvalue weighted by Crippen LogP contribution is 2.12. The molecule has 0 unspecified atom stereocenters. The molecular weight excluding hydrogens is 377 g/mol. The van der Waals surface area contributed by atoms with Gasteiger partial charge in [0.1, 0.15) is 0 Å². The van der Waals surface area contributed by atoms with Gasteiger partial charge in [0.25, 0.3) is 0 Å². The lowest BCUT2D eigenvalue weighted by atomic mass is 10.0. The Morgan fingerprint density at radius 2 is 1.81 bits per heavy atom. The normalized spacial score (nSPS) is 10.8. The van der Waals surface area contributed by atoms with Crippen LogP contribution in [0.1, 0.15) is 21.5 Å². The van der Waals surface area contributed by atoms with Crippen LogP contribution in [-0.4, -0.2) is 29.6 Å². The van der Waals surface area contributed by atoms with Crippen molar-refractivity contribution in [1.82, 2.24) is 4.90 Å². The molecule has 3 nitrogen and oxygen atoms in total. The fraction of sp³-hybridized carbons (Fsp3) is 0.235. The molecule has 2 aromatic rings. The van der Waals surface area contributed by atoms with E-state index in [0.717, 1.165) is 25.1 Å². The maximum Gasteiger partial charge on any atom is 0.335 e. The zero-order chi connectivity index (χ0) is 15.2. The van der Waals surface area contributed by atoms with Crippen LogP contribution in [0.3, 0.4) is 0 Å². The van der Waals surface area contributed by atoms with Crippen LogP contribution in [0.25, 0.3) is 0 Å². The molecule has 0 aromatic heterocycles. The van der Waals surface area contributed by atoms with E-state index in [1.807, 2.05) is 12.1 Å². The van der Waals surface area contributed by atoms with E-state index in [0.29, 0.717) is 5.56 Å². The Hall–Kier alpha value is -1.40. The SMILES string of the molecule is CN(CCc1ccccc1C(=O)O)Cc1ccc(I)cc1. The van der Waals surface area contributed by atoms with Crippen LogP contribution in [0.4, 0.5) is 0 Å². The zero-order valence-corrected chi connectivity index (χ0v) is 14.1. The molecule has 0 atom stereocenters. The molecule has 0 bridgehead atoms. The van der Waals surface area contributed by atoms with Gasteiger partial charge in [0, 0.05) is 16.7 Å². The van der Waals surface area contributed by atoms with Gasteiger partial charge in [-0.2, -0.15) is 0 Å². The third-order valence-electron chi connectivity index (χ3n) is 3.38. The van der Waals surface area contributed by atoms with Gasteiger partial charge in [0.15, 0.2) is 0 Å². The number of carboxylic acids is 1. The number of benzene rings is 2. The third-order valence-corrected chi connectivity index (χ3v) is 4.10. The van der Waals surface area contributed by atoms with E-state index in [4.69, 9.17) is 0 Å². The Balaban J connectivity index is 1.93. The summed E-state index contributed by atoms with van der Waals surface area (Å²) in [5, 5.41) is 9.18. The van der Waals surface area contributed by atoms with E-state index < -0.39 is 5.97 Å². The molecule has 110 valence electrons. The number of aromatic carboxylic acids is 1. The molecule has 21 heavy (non-hydrogen) atoms. The van der Waals surface area contributed by atoms with Crippen LogP contribution in [-0.2, 0) is 13.0 Å². The third kappa shape index (κ3) is 4.82. The lowest BCUT2D eigenvalue weighted by Gasteiger charge is -2.17. The molecule has 1 N–H and O–H groups in total. The van der Waals surface area contributed by atoms with Crippen LogP contribution >= 0.6 is 22.6 Å². The number of nitrogens with zero attached hydrogens (tertiary/aromatic N) is 1. The number of carbonyl (C=O) groups is 1. The first-order valence-electron chi connectivity index (χ1n) is 6.80. The molecular formula is C17H18INO2. The number of rotatable bonds is 6. The minimum atomic E-state index is -0.856. The van der Waals surface area contributed by atoms with Crippen molar-refractivity contribution in [3.63, 3.8) is 0 Å². The molecule has 2 aromatic carbocycles. The lowest BCUT2D eigenvalue weighted by Crippen LogP contribution is -2.21. The van der Waals surface area contributed by atoms with Crippen molar-refractivity contribution in [2.24, 2.45) is 0 Å². The largest absolute Gasteiger partial charge is 0.478 e. The molecule has 0 spiro atoms. The topological polar surface area (TPSA) is 40.5 Å². The van der Waals surface area contributed by atoms with E-state index in [2.05, 4.69) is 58.8 Å². The highest BCUT2D eigenvalue weighted by molar-refractivity contribution is 14.1. The standard InChI is InChI=1S/C17H18INO2/c1-19(12-13-6-8-15(18)9-7-13)11-10-14-4-2-3-5-16(14)17(20)21/h2-9H,10-12H2,1H3,(H,20,21). The fourth-order valence-electron chi connectivity index (χ4n) is 2.24. The molecule has 0 aliphatic heterocycles. The van der Waals surface area contributed by atoms with Crippen LogP contribution in [0.2, 0.25) is 0 Å². The summed E-state index contributed by atoms with van der Waals surface area (Å²) < 4.78 is 1.23. The van der Waals surface area contributed by atoms with Crippen LogP contribution < -0.4 is 0 Å². The van der Waals surface area contributed by atoms with Crippen LogP contribution in [0, 0.1) is 3.57 Å². The summed E-state index contributed by atoms with van der Waals surface area (Å²) >= 11 is 2.29. The second-order valence-corrected chi connectivity index (χ2v) is 6.32. The first-order valence-corrected chi connectivity index (χ1v) is 7.88. The Morgan fingerprint density at radius 3 is 2.48 bits per heavy atom. The van der Waals surface area contributed by atoms with Crippen molar-refractivity contribution in [1.29, 1.82) is 0 Å². The van der Waals surface area contributed by atoms with Crippen molar-refractivity contribution in [3.8, 4) is 0 Å². The number of carboxylic acid groups (broad SMARTS) is 1. The van der Waals surface area contributed by atoms with Crippen molar-refractivity contribution in [3.05, 3.63) is 68.8 Å². The summed E-state index contributed by atoms with van der Waals surface area (Å²) in [6.07, 6.45) is 0.739. The smallest absolute Gasteiger partial charge is 0.335 e. The summed E-state index contributed by atoms with van der Waals surface area (Å²) in [6, 6.07) is 15.7. The molecule has 0 heterocycles. The molecule has 0 aliphatic carbocycles. The lowest BCUT2D eigenvalue weighted by molar-refractivity contribution is 0.0695. The van der Waals surface area contributed by atoms with Gasteiger partial charge >= 0.3 is 5.97 Å². The van der Waals surface area contributed by atoms with E-state index in [1.54, 1.807) is 12.1 Å². The molecule has 0 saturated heterocycles. The second-order valence-electron chi connectivity index (χ2n) is 5.08. The molecule has 0 saturated carbocycles. The molecule has 0 radical (unpaired) electrons. The Kier molecular flexibility index (Phi) is 5.76. The summed E-state index contributed by atoms with van der Waals surface area (Å²) in [7, 11) is 2.06. The maximum atomic E-state index is 11.2. The maximum absolute atomic E-state index is 11.2. The second kappa shape index (κ2) is 7.56. The minimum absolute atomic E-state index is 0.403. The average Bonchev–Trinajstić information content (AvgIpc) is 2.48. The summed E-state index contributed by atoms with van der Waals surface area (Å²) in [6.45, 7) is 1.70. The van der Waals surface area contributed by atoms with Gasteiger partial charge in [-0.15, -0.1) is 0 Å². The molecule has 4 heteroatoms. The Morgan fingerprint density at radius 1 is 1.14 bits per heavy atom. The van der Waals surface area contributed by atoms with Gasteiger partial charge in [-0.05, 0) is 65.4 Å². The summed E-state index contributed by atoms with van der Waals surface area (Å²) in [4.78, 5) is 13.4. The van der Waals surface area contributed by atoms with E-state index in [1.165, 1.54) is 9.13 Å². The number of halogens is 1. The van der Waals surface area contributed by atoms with Gasteiger partial charge in [-0.1, -0.05) is 30.3 Å². The zero-order valence-electron chi connectivity index (χ0n) is 11.9. The predicted molar refractivity (Wildman–Crippen MR) is 92.6 cm³/mol. The summed E-state index contributed by atoms with van der Waals surface area (Å²) in [5.74, 6) is -0.856. The molecule has 0 fully saturated rings. The number of hydrogen-bond donors (Lipinski definition) is 1. The minimum Gasteiger partial charge on any atom is -0.478 e. The van der Waals surface area contributed by atoms with E-state index in [-0.39, 0.29) is 0 Å². The van der Waals surface area contributed by atoms with Gasteiger partial charge in [-0.3, -0.25) is 0 Å². The average molecular weight is 395 g/mol. The van der Waals surface area contributed by atoms with E-state index in [9.17, 15) is 9.90 Å². The van der Waals surface area contributed by atoms with Crippen molar-refractivity contribution < 1.29 is 9.90 Å². The van der Waals surface area contributed by atoms with Gasteiger partial charge in [0.05, 0.1) is 5.56 Å². The van der Waals surface area contributed by atoms with Crippen molar-refractivity contribution >= 4 is 28.6 Å². The number of likely N-dealkylation sites (N-methyl/N-ethyl adjacent to an activating group) is 1. The fourth-order valence-corrected chi connectivity index (χ4v) is 2.60.